The summed E-state index contributed by atoms with van der Waals surface area (Å²) in [6, 6.07) is 18.0. The molecule has 0 atom stereocenters. The van der Waals surface area contributed by atoms with Crippen LogP contribution in [0.2, 0.25) is 5.02 Å². The molecule has 0 spiro atoms. The molecule has 0 aliphatic carbocycles. The maximum absolute atomic E-state index is 12.5. The molecule has 0 fully saturated rings. The van der Waals surface area contributed by atoms with Crippen LogP contribution in [0, 0.1) is 0 Å². The van der Waals surface area contributed by atoms with Crippen molar-refractivity contribution in [3.8, 4) is 11.1 Å². The molecular weight excluding hydrogens is 346 g/mol. The molecule has 2 aromatic carbocycles. The highest BCUT2D eigenvalue weighted by molar-refractivity contribution is 7.92. The first kappa shape index (κ1) is 16.3. The van der Waals surface area contributed by atoms with Crippen molar-refractivity contribution in [3.63, 3.8) is 0 Å². The number of sulfonamides is 1. The van der Waals surface area contributed by atoms with Gasteiger partial charge in [-0.05, 0) is 29.3 Å². The van der Waals surface area contributed by atoms with Crippen molar-refractivity contribution < 1.29 is 8.42 Å². The molecule has 122 valence electrons. The minimum absolute atomic E-state index is 0.105. The number of hydrogen-bond donors (Lipinski definition) is 2. The molecular formula is C17H14ClN3O2S. The van der Waals surface area contributed by atoms with Gasteiger partial charge in [0.05, 0.1) is 5.02 Å². The summed E-state index contributed by atoms with van der Waals surface area (Å²) in [6.07, 6.45) is 1.30. The molecule has 0 aliphatic rings. The maximum atomic E-state index is 12.5. The summed E-state index contributed by atoms with van der Waals surface area (Å²) >= 11 is 5.82. The quantitative estimate of drug-likeness (QED) is 0.742. The summed E-state index contributed by atoms with van der Waals surface area (Å²) in [5.41, 5.74) is 7.97. The third kappa shape index (κ3) is 3.50. The molecule has 3 N–H and O–H groups in total. The Bertz CT molecular complexity index is 976. The summed E-state index contributed by atoms with van der Waals surface area (Å²) in [5.74, 6) is -0.105. The molecule has 7 heteroatoms. The zero-order chi connectivity index (χ0) is 17.2. The molecule has 0 amide bonds. The van der Waals surface area contributed by atoms with Crippen molar-refractivity contribution in [2.24, 2.45) is 0 Å². The average molecular weight is 360 g/mol. The number of rotatable bonds is 4. The van der Waals surface area contributed by atoms with Crippen LogP contribution in [0.15, 0.2) is 71.8 Å². The number of nitrogens with two attached hydrogens (primary N) is 1. The van der Waals surface area contributed by atoms with E-state index in [-0.39, 0.29) is 15.7 Å². The highest BCUT2D eigenvalue weighted by Crippen LogP contribution is 2.26. The van der Waals surface area contributed by atoms with E-state index < -0.39 is 10.0 Å². The van der Waals surface area contributed by atoms with Crippen LogP contribution in [0.25, 0.3) is 11.1 Å². The predicted molar refractivity (Wildman–Crippen MR) is 96.3 cm³/mol. The van der Waals surface area contributed by atoms with Crippen LogP contribution < -0.4 is 10.5 Å². The highest BCUT2D eigenvalue weighted by Gasteiger charge is 2.19. The molecule has 1 heterocycles. The predicted octanol–water partition coefficient (Wildman–Crippen LogP) is 3.79. The number of nitrogens with zero attached hydrogens (tertiary/aromatic N) is 1. The van der Waals surface area contributed by atoms with E-state index in [1.807, 2.05) is 36.4 Å². The van der Waals surface area contributed by atoms with Crippen LogP contribution >= 0.6 is 11.6 Å². The average Bonchev–Trinajstić information content (AvgIpc) is 2.57. The van der Waals surface area contributed by atoms with E-state index in [4.69, 9.17) is 17.3 Å². The Labute approximate surface area is 145 Å². The van der Waals surface area contributed by atoms with Gasteiger partial charge in [0.2, 0.25) is 0 Å². The van der Waals surface area contributed by atoms with Crippen molar-refractivity contribution in [2.75, 3.05) is 10.5 Å². The fourth-order valence-corrected chi connectivity index (χ4v) is 3.63. The van der Waals surface area contributed by atoms with Crippen molar-refractivity contribution in [2.45, 2.75) is 4.90 Å². The second-order valence-electron chi connectivity index (χ2n) is 5.09. The van der Waals surface area contributed by atoms with E-state index >= 15 is 0 Å². The fourth-order valence-electron chi connectivity index (χ4n) is 2.25. The van der Waals surface area contributed by atoms with Crippen LogP contribution in [0.3, 0.4) is 0 Å². The van der Waals surface area contributed by atoms with E-state index in [2.05, 4.69) is 9.71 Å². The lowest BCUT2D eigenvalue weighted by Gasteiger charge is -2.11. The Hall–Kier alpha value is -2.57. The lowest BCUT2D eigenvalue weighted by atomic mass is 10.1. The minimum atomic E-state index is -3.89. The molecule has 0 saturated heterocycles. The van der Waals surface area contributed by atoms with Crippen LogP contribution in [-0.2, 0) is 10.0 Å². The maximum Gasteiger partial charge on any atom is 0.265 e. The summed E-state index contributed by atoms with van der Waals surface area (Å²) < 4.78 is 27.6. The Morgan fingerprint density at radius 2 is 1.67 bits per heavy atom. The number of aromatic nitrogens is 1. The van der Waals surface area contributed by atoms with Crippen molar-refractivity contribution in [1.29, 1.82) is 0 Å². The van der Waals surface area contributed by atoms with Gasteiger partial charge in [-0.15, -0.1) is 0 Å². The number of hydrogen-bond acceptors (Lipinski definition) is 4. The smallest absolute Gasteiger partial charge is 0.265 e. The second kappa shape index (κ2) is 6.51. The number of pyridine rings is 1. The third-order valence-electron chi connectivity index (χ3n) is 3.36. The zero-order valence-corrected chi connectivity index (χ0v) is 14.1. The molecule has 24 heavy (non-hydrogen) atoms. The topological polar surface area (TPSA) is 85.1 Å². The first-order valence-electron chi connectivity index (χ1n) is 7.05. The minimum Gasteiger partial charge on any atom is -0.383 e. The van der Waals surface area contributed by atoms with Gasteiger partial charge in [-0.3, -0.25) is 4.72 Å². The molecule has 0 unspecified atom stereocenters. The van der Waals surface area contributed by atoms with Gasteiger partial charge < -0.3 is 5.73 Å². The van der Waals surface area contributed by atoms with E-state index in [1.54, 1.807) is 18.2 Å². The Morgan fingerprint density at radius 3 is 2.42 bits per heavy atom. The van der Waals surface area contributed by atoms with Crippen LogP contribution in [-0.4, -0.2) is 13.4 Å². The standard InChI is InChI=1S/C17H14ClN3O2S/c18-14-10-16(17(19)20-11-14)24(22,23)21-15-8-4-7-13(9-15)12-5-2-1-3-6-12/h1-11,21H,(H2,19,20). The molecule has 1 aromatic heterocycles. The normalized spacial score (nSPS) is 11.2. The van der Waals surface area contributed by atoms with Gasteiger partial charge in [0, 0.05) is 11.9 Å². The van der Waals surface area contributed by atoms with E-state index in [9.17, 15) is 8.42 Å². The van der Waals surface area contributed by atoms with Gasteiger partial charge >= 0.3 is 0 Å². The van der Waals surface area contributed by atoms with Crippen LogP contribution in [0.5, 0.6) is 0 Å². The summed E-state index contributed by atoms with van der Waals surface area (Å²) in [5, 5.41) is 0.197. The van der Waals surface area contributed by atoms with E-state index in [1.165, 1.54) is 12.3 Å². The van der Waals surface area contributed by atoms with Crippen molar-refractivity contribution >= 4 is 33.1 Å². The highest BCUT2D eigenvalue weighted by atomic mass is 35.5. The van der Waals surface area contributed by atoms with E-state index in [0.717, 1.165) is 11.1 Å². The number of nitrogens with one attached hydrogen (secondary N) is 1. The lowest BCUT2D eigenvalue weighted by Crippen LogP contribution is -2.15. The summed E-state index contributed by atoms with van der Waals surface area (Å²) in [6.45, 7) is 0. The number of nitrogen functional groups attached to an aromatic ring is 1. The third-order valence-corrected chi connectivity index (χ3v) is 4.98. The van der Waals surface area contributed by atoms with Gasteiger partial charge in [0.15, 0.2) is 0 Å². The van der Waals surface area contributed by atoms with Gasteiger partial charge in [-0.1, -0.05) is 54.1 Å². The first-order valence-corrected chi connectivity index (χ1v) is 8.91. The number of halogens is 1. The van der Waals surface area contributed by atoms with Gasteiger partial charge in [-0.2, -0.15) is 0 Å². The van der Waals surface area contributed by atoms with E-state index in [0.29, 0.717) is 5.69 Å². The molecule has 0 radical (unpaired) electrons. The fraction of sp³-hybridized carbons (Fsp3) is 0. The Morgan fingerprint density at radius 1 is 0.958 bits per heavy atom. The van der Waals surface area contributed by atoms with Crippen molar-refractivity contribution in [1.82, 2.24) is 4.98 Å². The second-order valence-corrected chi connectivity index (χ2v) is 7.18. The molecule has 3 rings (SSSR count). The summed E-state index contributed by atoms with van der Waals surface area (Å²) in [4.78, 5) is 3.63. The monoisotopic (exact) mass is 359 g/mol. The lowest BCUT2D eigenvalue weighted by molar-refractivity contribution is 0.601. The SMILES string of the molecule is Nc1ncc(Cl)cc1S(=O)(=O)Nc1cccc(-c2ccccc2)c1. The molecule has 5 nitrogen and oxygen atoms in total. The largest absolute Gasteiger partial charge is 0.383 e. The van der Waals surface area contributed by atoms with Crippen LogP contribution in [0.1, 0.15) is 0 Å². The van der Waals surface area contributed by atoms with Gasteiger partial charge in [0.25, 0.3) is 10.0 Å². The van der Waals surface area contributed by atoms with Crippen LogP contribution in [0.4, 0.5) is 11.5 Å². The van der Waals surface area contributed by atoms with Gasteiger partial charge in [-0.25, -0.2) is 13.4 Å². The molecule has 0 bridgehead atoms. The zero-order valence-electron chi connectivity index (χ0n) is 12.5. The van der Waals surface area contributed by atoms with Crippen molar-refractivity contribution in [3.05, 3.63) is 71.9 Å². The first-order chi connectivity index (χ1) is 11.5. The molecule has 0 aliphatic heterocycles. The molecule has 3 aromatic rings. The molecule has 0 saturated carbocycles. The van der Waals surface area contributed by atoms with Gasteiger partial charge in [0.1, 0.15) is 10.7 Å². The number of benzene rings is 2. The number of anilines is 2. The Kier molecular flexibility index (Phi) is 4.42. The Balaban J connectivity index is 1.95. The summed E-state index contributed by atoms with van der Waals surface area (Å²) in [7, 11) is -3.89.